The number of hydrogen-bond donors (Lipinski definition) is 1. The highest BCUT2D eigenvalue weighted by molar-refractivity contribution is 7.99. The van der Waals surface area contributed by atoms with Crippen molar-refractivity contribution in [2.24, 2.45) is 0 Å². The molecule has 0 unspecified atom stereocenters. The molecule has 4 nitrogen and oxygen atoms in total. The second kappa shape index (κ2) is 8.02. The van der Waals surface area contributed by atoms with Gasteiger partial charge in [-0.15, -0.1) is 11.8 Å². The summed E-state index contributed by atoms with van der Waals surface area (Å²) in [7, 11) is 0. The molecule has 114 valence electrons. The van der Waals surface area contributed by atoms with Crippen LogP contribution in [0.25, 0.3) is 0 Å². The molecule has 1 saturated heterocycles. The monoisotopic (exact) mass is 310 g/mol. The van der Waals surface area contributed by atoms with Crippen LogP contribution in [0, 0.1) is 5.82 Å². The summed E-state index contributed by atoms with van der Waals surface area (Å²) in [5, 5.41) is 2.62. The molecule has 1 aromatic carbocycles. The van der Waals surface area contributed by atoms with Crippen molar-refractivity contribution < 1.29 is 14.0 Å². The van der Waals surface area contributed by atoms with Gasteiger partial charge < -0.3 is 10.2 Å². The molecular formula is C15H19FN2O2S. The fraction of sp³-hybridized carbons (Fsp3) is 0.467. The van der Waals surface area contributed by atoms with Crippen molar-refractivity contribution in [2.45, 2.75) is 24.2 Å². The maximum Gasteiger partial charge on any atom is 0.241 e. The summed E-state index contributed by atoms with van der Waals surface area (Å²) in [6.07, 6.45) is 2.35. The highest BCUT2D eigenvalue weighted by Gasteiger charge is 2.17. The Hall–Kier alpha value is -1.56. The van der Waals surface area contributed by atoms with Crippen LogP contribution in [0.1, 0.15) is 19.3 Å². The largest absolute Gasteiger partial charge is 0.347 e. The van der Waals surface area contributed by atoms with E-state index in [1.54, 1.807) is 23.1 Å². The lowest BCUT2D eigenvalue weighted by molar-refractivity contribution is -0.131. The number of amides is 2. The van der Waals surface area contributed by atoms with E-state index >= 15 is 0 Å². The van der Waals surface area contributed by atoms with Gasteiger partial charge in [-0.05, 0) is 25.0 Å². The van der Waals surface area contributed by atoms with Crippen LogP contribution in [0.5, 0.6) is 0 Å². The first-order valence-electron chi connectivity index (χ1n) is 7.08. The number of carbonyl (C=O) groups excluding carboxylic acids is 2. The zero-order chi connectivity index (χ0) is 15.1. The van der Waals surface area contributed by atoms with Crippen LogP contribution in [-0.2, 0) is 9.59 Å². The van der Waals surface area contributed by atoms with E-state index < -0.39 is 0 Å². The molecule has 0 spiro atoms. The summed E-state index contributed by atoms with van der Waals surface area (Å²) >= 11 is 1.30. The molecule has 0 bridgehead atoms. The number of halogens is 1. The van der Waals surface area contributed by atoms with E-state index in [0.29, 0.717) is 10.6 Å². The molecule has 0 atom stereocenters. The van der Waals surface area contributed by atoms with E-state index in [-0.39, 0.29) is 30.6 Å². The second-order valence-corrected chi connectivity index (χ2v) is 6.03. The summed E-state index contributed by atoms with van der Waals surface area (Å²) in [5.41, 5.74) is 0. The van der Waals surface area contributed by atoms with Gasteiger partial charge in [0.1, 0.15) is 5.82 Å². The quantitative estimate of drug-likeness (QED) is 0.818. The van der Waals surface area contributed by atoms with Crippen LogP contribution in [0.15, 0.2) is 29.2 Å². The van der Waals surface area contributed by atoms with Gasteiger partial charge in [0, 0.05) is 30.2 Å². The number of thioether (sulfide) groups is 1. The highest BCUT2D eigenvalue weighted by Crippen LogP contribution is 2.21. The van der Waals surface area contributed by atoms with Crippen LogP contribution >= 0.6 is 11.8 Å². The summed E-state index contributed by atoms with van der Waals surface area (Å²) < 4.78 is 13.4. The molecule has 2 rings (SSSR count). The topological polar surface area (TPSA) is 49.4 Å². The fourth-order valence-corrected chi connectivity index (χ4v) is 3.04. The van der Waals surface area contributed by atoms with Gasteiger partial charge in [-0.25, -0.2) is 4.39 Å². The third kappa shape index (κ3) is 5.04. The minimum Gasteiger partial charge on any atom is -0.347 e. The van der Waals surface area contributed by atoms with Gasteiger partial charge in [0.05, 0.1) is 6.54 Å². The third-order valence-corrected chi connectivity index (χ3v) is 4.37. The normalized spacial score (nSPS) is 14.2. The number of benzene rings is 1. The Kier molecular flexibility index (Phi) is 6.04. The summed E-state index contributed by atoms with van der Waals surface area (Å²) in [6.45, 7) is 1.64. The van der Waals surface area contributed by atoms with E-state index in [1.165, 1.54) is 17.8 Å². The Morgan fingerprint density at radius 3 is 2.67 bits per heavy atom. The van der Waals surface area contributed by atoms with E-state index in [1.807, 2.05) is 0 Å². The Labute approximate surface area is 128 Å². The highest BCUT2D eigenvalue weighted by atomic mass is 32.2. The molecule has 0 radical (unpaired) electrons. The van der Waals surface area contributed by atoms with E-state index in [2.05, 4.69) is 5.32 Å². The van der Waals surface area contributed by atoms with Crippen molar-refractivity contribution >= 4 is 23.6 Å². The molecule has 2 amide bonds. The molecule has 1 aliphatic heterocycles. The van der Waals surface area contributed by atoms with Crippen molar-refractivity contribution in [3.8, 4) is 0 Å². The van der Waals surface area contributed by atoms with Crippen LogP contribution in [-0.4, -0.2) is 42.1 Å². The predicted octanol–water partition coefficient (Wildman–Crippen LogP) is 2.05. The zero-order valence-electron chi connectivity index (χ0n) is 11.8. The molecule has 1 aromatic rings. The minimum absolute atomic E-state index is 0.0254. The number of hydrogen-bond acceptors (Lipinski definition) is 3. The van der Waals surface area contributed by atoms with Gasteiger partial charge >= 0.3 is 0 Å². The average Bonchev–Trinajstić information content (AvgIpc) is 3.01. The van der Waals surface area contributed by atoms with Crippen molar-refractivity contribution in [3.05, 3.63) is 30.1 Å². The van der Waals surface area contributed by atoms with Gasteiger partial charge in [-0.3, -0.25) is 9.59 Å². The molecule has 1 N–H and O–H groups in total. The molecule has 0 saturated carbocycles. The van der Waals surface area contributed by atoms with Crippen molar-refractivity contribution in [1.29, 1.82) is 0 Å². The Bertz CT molecular complexity index is 504. The summed E-state index contributed by atoms with van der Waals surface area (Å²) in [4.78, 5) is 25.7. The number of nitrogens with one attached hydrogen (secondary N) is 1. The van der Waals surface area contributed by atoms with E-state index in [4.69, 9.17) is 0 Å². The SMILES string of the molecule is O=C(CCSc1ccccc1F)NCC(=O)N1CCCC1. The summed E-state index contributed by atoms with van der Waals surface area (Å²) in [5.74, 6) is 0.0196. The average molecular weight is 310 g/mol. The number of carbonyl (C=O) groups is 2. The number of likely N-dealkylation sites (tertiary alicyclic amines) is 1. The standard InChI is InChI=1S/C15H19FN2O2S/c16-12-5-1-2-6-13(12)21-10-7-14(19)17-11-15(20)18-8-3-4-9-18/h1-2,5-6H,3-4,7-11H2,(H,17,19). The smallest absolute Gasteiger partial charge is 0.241 e. The molecule has 1 fully saturated rings. The zero-order valence-corrected chi connectivity index (χ0v) is 12.6. The van der Waals surface area contributed by atoms with Crippen LogP contribution in [0.3, 0.4) is 0 Å². The van der Waals surface area contributed by atoms with Crippen LogP contribution in [0.4, 0.5) is 4.39 Å². The lowest BCUT2D eigenvalue weighted by Crippen LogP contribution is -2.38. The molecule has 0 aromatic heterocycles. The first-order chi connectivity index (χ1) is 10.2. The van der Waals surface area contributed by atoms with E-state index in [0.717, 1.165) is 25.9 Å². The van der Waals surface area contributed by atoms with Gasteiger partial charge in [0.25, 0.3) is 0 Å². The van der Waals surface area contributed by atoms with Gasteiger partial charge in [0.15, 0.2) is 0 Å². The first kappa shape index (κ1) is 15.8. The second-order valence-electron chi connectivity index (χ2n) is 4.89. The fourth-order valence-electron chi connectivity index (χ4n) is 2.16. The predicted molar refractivity (Wildman–Crippen MR) is 80.6 cm³/mol. The Morgan fingerprint density at radius 1 is 1.24 bits per heavy atom. The minimum atomic E-state index is -0.271. The molecule has 21 heavy (non-hydrogen) atoms. The maximum absolute atomic E-state index is 13.4. The van der Waals surface area contributed by atoms with E-state index in [9.17, 15) is 14.0 Å². The Balaban J connectivity index is 1.63. The van der Waals surface area contributed by atoms with Crippen molar-refractivity contribution in [2.75, 3.05) is 25.4 Å². The maximum atomic E-state index is 13.4. The first-order valence-corrected chi connectivity index (χ1v) is 8.07. The van der Waals surface area contributed by atoms with Crippen molar-refractivity contribution in [3.63, 3.8) is 0 Å². The number of nitrogens with zero attached hydrogens (tertiary/aromatic N) is 1. The molecule has 0 aliphatic carbocycles. The van der Waals surface area contributed by atoms with Gasteiger partial charge in [0.2, 0.25) is 11.8 Å². The Morgan fingerprint density at radius 2 is 1.95 bits per heavy atom. The third-order valence-electron chi connectivity index (χ3n) is 3.32. The summed E-state index contributed by atoms with van der Waals surface area (Å²) in [6, 6.07) is 6.49. The molecular weight excluding hydrogens is 291 g/mol. The van der Waals surface area contributed by atoms with Gasteiger partial charge in [-0.1, -0.05) is 12.1 Å². The van der Waals surface area contributed by atoms with Crippen molar-refractivity contribution in [1.82, 2.24) is 10.2 Å². The molecule has 1 aliphatic rings. The number of rotatable bonds is 6. The van der Waals surface area contributed by atoms with Crippen LogP contribution < -0.4 is 5.32 Å². The lowest BCUT2D eigenvalue weighted by atomic mass is 10.3. The lowest BCUT2D eigenvalue weighted by Gasteiger charge is -2.15. The van der Waals surface area contributed by atoms with Crippen LogP contribution in [0.2, 0.25) is 0 Å². The molecule has 1 heterocycles. The molecule has 6 heteroatoms. The van der Waals surface area contributed by atoms with Gasteiger partial charge in [-0.2, -0.15) is 0 Å².